The Bertz CT molecular complexity index is 1800. The summed E-state index contributed by atoms with van der Waals surface area (Å²) in [5.41, 5.74) is 0. The van der Waals surface area contributed by atoms with E-state index >= 15 is 0 Å². The number of hydrogen-bond donors (Lipinski definition) is 0. The van der Waals surface area contributed by atoms with E-state index in [1.165, 1.54) is 116 Å². The second kappa shape index (κ2) is 69.8. The molecule has 0 aromatic carbocycles. The molecular weight excluding hydrogens is 1020 g/mol. The van der Waals surface area contributed by atoms with Gasteiger partial charge >= 0.3 is 17.9 Å². The normalized spacial score (nSPS) is 13.0. The first-order valence-electron chi connectivity index (χ1n) is 34.3. The van der Waals surface area contributed by atoms with Crippen LogP contribution in [-0.4, -0.2) is 37.2 Å². The van der Waals surface area contributed by atoms with Crippen molar-refractivity contribution < 1.29 is 28.6 Å². The van der Waals surface area contributed by atoms with Gasteiger partial charge in [0.05, 0.1) is 0 Å². The van der Waals surface area contributed by atoms with Crippen LogP contribution < -0.4 is 0 Å². The van der Waals surface area contributed by atoms with Gasteiger partial charge in [-0.2, -0.15) is 0 Å². The molecule has 6 heteroatoms. The summed E-state index contributed by atoms with van der Waals surface area (Å²) in [4.78, 5) is 38.3. The Morgan fingerprint density at radius 1 is 0.253 bits per heavy atom. The van der Waals surface area contributed by atoms with E-state index in [9.17, 15) is 14.4 Å². The van der Waals surface area contributed by atoms with Crippen LogP contribution in [0.1, 0.15) is 303 Å². The summed E-state index contributed by atoms with van der Waals surface area (Å²) >= 11 is 0. The Morgan fingerprint density at radius 3 is 0.747 bits per heavy atom. The Morgan fingerprint density at radius 2 is 0.470 bits per heavy atom. The highest BCUT2D eigenvalue weighted by Crippen LogP contribution is 2.16. The van der Waals surface area contributed by atoms with Crippen molar-refractivity contribution in [1.29, 1.82) is 0 Å². The number of ether oxygens (including phenoxy) is 3. The molecule has 0 saturated carbocycles. The van der Waals surface area contributed by atoms with Gasteiger partial charge in [0.1, 0.15) is 13.2 Å². The van der Waals surface area contributed by atoms with Crippen LogP contribution in [0.3, 0.4) is 0 Å². The molecule has 0 spiro atoms. The third-order valence-corrected chi connectivity index (χ3v) is 14.3. The van der Waals surface area contributed by atoms with Gasteiger partial charge in [0, 0.05) is 19.3 Å². The van der Waals surface area contributed by atoms with Crippen LogP contribution in [-0.2, 0) is 28.6 Å². The molecule has 1 atom stereocenters. The highest BCUT2D eigenvalue weighted by atomic mass is 16.6. The van der Waals surface area contributed by atoms with Crippen molar-refractivity contribution >= 4 is 17.9 Å². The van der Waals surface area contributed by atoms with Gasteiger partial charge in [-0.05, 0) is 122 Å². The van der Waals surface area contributed by atoms with Crippen molar-refractivity contribution in [2.75, 3.05) is 13.2 Å². The molecule has 0 aliphatic rings. The summed E-state index contributed by atoms with van der Waals surface area (Å²) in [6.07, 6.45) is 100. The Kier molecular flexibility index (Phi) is 65.8. The molecule has 0 amide bonds. The molecule has 0 bridgehead atoms. The first-order valence-corrected chi connectivity index (χ1v) is 34.3. The second-order valence-electron chi connectivity index (χ2n) is 22.3. The number of allylic oxidation sites excluding steroid dienone is 24. The summed E-state index contributed by atoms with van der Waals surface area (Å²) in [6.45, 7) is 6.40. The van der Waals surface area contributed by atoms with Crippen LogP contribution in [0.15, 0.2) is 146 Å². The fourth-order valence-electron chi connectivity index (χ4n) is 9.27. The molecule has 83 heavy (non-hydrogen) atoms. The summed E-state index contributed by atoms with van der Waals surface area (Å²) in [5, 5.41) is 0. The third kappa shape index (κ3) is 68.0. The highest BCUT2D eigenvalue weighted by molar-refractivity contribution is 5.71. The largest absolute Gasteiger partial charge is 0.462 e. The zero-order chi connectivity index (χ0) is 59.9. The van der Waals surface area contributed by atoms with E-state index in [4.69, 9.17) is 14.2 Å². The maximum absolute atomic E-state index is 12.9. The fraction of sp³-hybridized carbons (Fsp3) is 0.649. The zero-order valence-electron chi connectivity index (χ0n) is 53.9. The van der Waals surface area contributed by atoms with Crippen LogP contribution >= 0.6 is 0 Å². The highest BCUT2D eigenvalue weighted by Gasteiger charge is 2.19. The van der Waals surface area contributed by atoms with Gasteiger partial charge in [0.15, 0.2) is 6.10 Å². The van der Waals surface area contributed by atoms with Crippen molar-refractivity contribution in [3.8, 4) is 0 Å². The molecule has 0 N–H and O–H groups in total. The van der Waals surface area contributed by atoms with Gasteiger partial charge in [-0.15, -0.1) is 0 Å². The van der Waals surface area contributed by atoms with E-state index in [2.05, 4.69) is 167 Å². The van der Waals surface area contributed by atoms with Gasteiger partial charge < -0.3 is 14.2 Å². The molecule has 0 heterocycles. The summed E-state index contributed by atoms with van der Waals surface area (Å²) in [7, 11) is 0. The van der Waals surface area contributed by atoms with Crippen LogP contribution in [0.2, 0.25) is 0 Å². The van der Waals surface area contributed by atoms with E-state index in [-0.39, 0.29) is 31.1 Å². The van der Waals surface area contributed by atoms with E-state index < -0.39 is 6.10 Å². The molecule has 0 rings (SSSR count). The van der Waals surface area contributed by atoms with Crippen molar-refractivity contribution in [1.82, 2.24) is 0 Å². The van der Waals surface area contributed by atoms with Gasteiger partial charge in [-0.3, -0.25) is 14.4 Å². The fourth-order valence-corrected chi connectivity index (χ4v) is 9.27. The standard InChI is InChI=1S/C77H126O6/c1-4-7-10-13-16-19-22-25-27-29-30-31-32-33-34-35-36-37-38-39-40-41-42-43-44-45-46-48-49-52-55-58-61-64-67-70-76(79)82-73-74(72-81-75(78)69-66-63-60-57-54-51-24-21-18-15-12-9-6-3)83-77(80)71-68-65-62-59-56-53-50-47-28-26-23-20-17-14-11-8-5-2/h7,9-10,12,16,18-19,21,25,27,30-31,33-34,36-37,39-40,42-43,45-46,51,54,74H,4-6,8,11,13-15,17,20,22-24,26,28-29,32,35,38,41,44,47-50,52-53,55-73H2,1-3H3/b10-7-,12-9-,19-16-,21-18-,27-25-,31-30-,34-33-,37-36-,40-39-,43-42-,46-45-,54-51-. The lowest BCUT2D eigenvalue weighted by Gasteiger charge is -2.18. The maximum Gasteiger partial charge on any atom is 0.306 e. The Hall–Kier alpha value is -4.71. The first kappa shape index (κ1) is 78.3. The molecule has 0 saturated heterocycles. The van der Waals surface area contributed by atoms with Crippen molar-refractivity contribution in [2.24, 2.45) is 0 Å². The van der Waals surface area contributed by atoms with Gasteiger partial charge in [-0.25, -0.2) is 0 Å². The quantitative estimate of drug-likeness (QED) is 0.0261. The topological polar surface area (TPSA) is 78.9 Å². The zero-order valence-corrected chi connectivity index (χ0v) is 53.9. The van der Waals surface area contributed by atoms with Crippen LogP contribution in [0.4, 0.5) is 0 Å². The second-order valence-corrected chi connectivity index (χ2v) is 22.3. The van der Waals surface area contributed by atoms with Crippen LogP contribution in [0, 0.1) is 0 Å². The molecular formula is C77H126O6. The van der Waals surface area contributed by atoms with Crippen molar-refractivity contribution in [3.05, 3.63) is 146 Å². The molecule has 0 radical (unpaired) electrons. The lowest BCUT2D eigenvalue weighted by atomic mass is 10.0. The molecule has 6 nitrogen and oxygen atoms in total. The predicted octanol–water partition coefficient (Wildman–Crippen LogP) is 23.9. The minimum atomic E-state index is -0.799. The number of carbonyl (C=O) groups is 3. The molecule has 1 unspecified atom stereocenters. The summed E-state index contributed by atoms with van der Waals surface area (Å²) in [6, 6.07) is 0. The number of rotatable bonds is 61. The molecule has 470 valence electrons. The number of hydrogen-bond acceptors (Lipinski definition) is 6. The van der Waals surface area contributed by atoms with Crippen molar-refractivity contribution in [3.63, 3.8) is 0 Å². The predicted molar refractivity (Wildman–Crippen MR) is 362 cm³/mol. The molecule has 0 aromatic rings. The molecule has 0 aliphatic carbocycles. The smallest absolute Gasteiger partial charge is 0.306 e. The van der Waals surface area contributed by atoms with Gasteiger partial charge in [0.2, 0.25) is 0 Å². The molecule has 0 aliphatic heterocycles. The minimum Gasteiger partial charge on any atom is -0.462 e. The third-order valence-electron chi connectivity index (χ3n) is 14.3. The first-order chi connectivity index (χ1) is 41.0. The monoisotopic (exact) mass is 1150 g/mol. The van der Waals surface area contributed by atoms with Crippen molar-refractivity contribution in [2.45, 2.75) is 309 Å². The maximum atomic E-state index is 12.9. The molecule has 0 fully saturated rings. The number of carbonyl (C=O) groups excluding carboxylic acids is 3. The SMILES string of the molecule is CC/C=C\C/C=C\C/C=C\C/C=C\C/C=C\C/C=C\C/C=C\C/C=C\C/C=C\CCCCCCCCCC(=O)OCC(COC(=O)CCCCC/C=C\C/C=C\C/C=C\CC)OC(=O)CCCCCCCCCCCCCCCCCCC. The van der Waals surface area contributed by atoms with Crippen LogP contribution in [0.5, 0.6) is 0 Å². The van der Waals surface area contributed by atoms with E-state index in [0.717, 1.165) is 148 Å². The minimum absolute atomic E-state index is 0.0950. The summed E-state index contributed by atoms with van der Waals surface area (Å²) in [5.74, 6) is -0.929. The van der Waals surface area contributed by atoms with Crippen LogP contribution in [0.25, 0.3) is 0 Å². The lowest BCUT2D eigenvalue weighted by molar-refractivity contribution is -0.167. The Balaban J connectivity index is 4.29. The van der Waals surface area contributed by atoms with E-state index in [1.807, 2.05) is 0 Å². The number of unbranched alkanes of at least 4 members (excludes halogenated alkanes) is 26. The Labute approximate surface area is 512 Å². The van der Waals surface area contributed by atoms with Gasteiger partial charge in [-0.1, -0.05) is 308 Å². The number of esters is 3. The summed E-state index contributed by atoms with van der Waals surface area (Å²) < 4.78 is 16.9. The average Bonchev–Trinajstić information content (AvgIpc) is 3.49. The van der Waals surface area contributed by atoms with E-state index in [1.54, 1.807) is 0 Å². The van der Waals surface area contributed by atoms with Gasteiger partial charge in [0.25, 0.3) is 0 Å². The van der Waals surface area contributed by atoms with E-state index in [0.29, 0.717) is 19.3 Å². The molecule has 0 aromatic heterocycles. The average molecular weight is 1150 g/mol. The lowest BCUT2D eigenvalue weighted by Crippen LogP contribution is -2.30.